The van der Waals surface area contributed by atoms with Crippen LogP contribution in [0.3, 0.4) is 0 Å². The summed E-state index contributed by atoms with van der Waals surface area (Å²) in [6.45, 7) is 28.5. The maximum atomic E-state index is 3.25. The molecule has 13 radical (unpaired) electrons. The van der Waals surface area contributed by atoms with Gasteiger partial charge in [-0.2, -0.15) is 0 Å². The Labute approximate surface area is 188 Å². The van der Waals surface area contributed by atoms with Crippen molar-refractivity contribution in [3.05, 3.63) is 79.4 Å². The number of hydrogen-bond donors (Lipinski definition) is 0. The van der Waals surface area contributed by atoms with Crippen molar-refractivity contribution in [3.63, 3.8) is 0 Å². The molecule has 24 heavy (non-hydrogen) atoms. The summed E-state index contributed by atoms with van der Waals surface area (Å²) in [5, 5.41) is 0. The predicted molar refractivity (Wildman–Crippen MR) is 104 cm³/mol. The molecule has 0 aliphatic heterocycles. The Balaban J connectivity index is 0. The third-order valence-corrected chi connectivity index (χ3v) is 5.62. The molecule has 0 unspecified atom stereocenters. The molecule has 0 aromatic heterocycles. The second-order valence-corrected chi connectivity index (χ2v) is 6.54. The zero-order chi connectivity index (χ0) is 18.5. The van der Waals surface area contributed by atoms with Gasteiger partial charge in [0, 0.05) is 40.8 Å². The topological polar surface area (TPSA) is 0 Å². The van der Waals surface area contributed by atoms with E-state index in [0.717, 1.165) is 0 Å². The van der Waals surface area contributed by atoms with E-state index in [2.05, 4.69) is 83.1 Å². The predicted octanol–water partition coefficient (Wildman–Crippen LogP) is 6.80. The molecule has 0 bridgehead atoms. The first-order valence-corrected chi connectivity index (χ1v) is 8.32. The van der Waals surface area contributed by atoms with Gasteiger partial charge in [0.15, 0.2) is 0 Å². The molecular weight excluding hydrogens is 420 g/mol. The second kappa shape index (κ2) is 12.7. The molecule has 1 heteroatoms. The zero-order valence-corrected chi connectivity index (χ0v) is 20.7. The van der Waals surface area contributed by atoms with Gasteiger partial charge < -0.3 is 0 Å². The van der Waals surface area contributed by atoms with Crippen LogP contribution in [0.1, 0.15) is 69.2 Å². The van der Waals surface area contributed by atoms with Gasteiger partial charge in [0.2, 0.25) is 0 Å². The van der Waals surface area contributed by atoms with E-state index in [-0.39, 0.29) is 40.8 Å². The van der Waals surface area contributed by atoms with Crippen LogP contribution >= 0.6 is 0 Å². The van der Waals surface area contributed by atoms with Crippen molar-refractivity contribution in [2.45, 2.75) is 69.2 Å². The maximum absolute atomic E-state index is 3.25. The molecule has 0 atom stereocenters. The zero-order valence-electron chi connectivity index (χ0n) is 17.5. The average molecular weight is 456 g/mol. The summed E-state index contributed by atoms with van der Waals surface area (Å²) in [4.78, 5) is 0. The van der Waals surface area contributed by atoms with Gasteiger partial charge in [-0.25, -0.2) is 0 Å². The maximum Gasteiger partial charge on any atom is 0 e. The fraction of sp³-hybridized carbons (Fsp3) is 0.435. The summed E-state index contributed by atoms with van der Waals surface area (Å²) in [5.74, 6) is 14.7. The second-order valence-electron chi connectivity index (χ2n) is 6.54. The Hall–Kier alpha value is 1.35. The molecule has 0 N–H and O–H groups in total. The van der Waals surface area contributed by atoms with Gasteiger partial charge in [-0.15, -0.1) is 0 Å². The van der Waals surface area contributed by atoms with Crippen molar-refractivity contribution >= 4 is 0 Å². The van der Waals surface area contributed by atoms with Crippen molar-refractivity contribution in [2.24, 2.45) is 0 Å². The van der Waals surface area contributed by atoms with Crippen LogP contribution in [0.25, 0.3) is 0 Å². The molecule has 0 spiro atoms. The van der Waals surface area contributed by atoms with Gasteiger partial charge in [0.05, 0.1) is 0 Å². The number of rotatable bonds is 0. The minimum Gasteiger partial charge on any atom is -0.0579 e. The third-order valence-electron chi connectivity index (χ3n) is 5.62. The molecule has 0 saturated heterocycles. The Kier molecular flexibility index (Phi) is 14.6. The van der Waals surface area contributed by atoms with Gasteiger partial charge in [0.25, 0.3) is 0 Å². The molecule has 0 nitrogen and oxygen atoms in total. The standard InChI is InChI=1S/2C10H15.C3H5.Nd/c2*1-6-7(2)9(4)10(5)8(6)3;1-3-2;/h2*1-5H3;3H,1-2H2;. The fourth-order valence-corrected chi connectivity index (χ4v) is 2.81. The first-order valence-electron chi connectivity index (χ1n) is 8.32. The van der Waals surface area contributed by atoms with Gasteiger partial charge >= 0.3 is 0 Å². The monoisotopic (exact) mass is 453 g/mol. The molecule has 0 heterocycles. The molecule has 131 valence electrons. The van der Waals surface area contributed by atoms with E-state index in [1.54, 1.807) is 0 Å². The van der Waals surface area contributed by atoms with Crippen molar-refractivity contribution in [1.29, 1.82) is 0 Å². The average Bonchev–Trinajstić information content (AvgIpc) is 2.80. The van der Waals surface area contributed by atoms with E-state index in [9.17, 15) is 0 Å². The molecule has 2 aliphatic carbocycles. The van der Waals surface area contributed by atoms with Gasteiger partial charge in [0.1, 0.15) is 0 Å². The molecule has 2 rings (SSSR count). The summed E-state index contributed by atoms with van der Waals surface area (Å²) in [5.41, 5.74) is 0. The Bertz CT molecular complexity index is 193. The molecule has 0 aromatic rings. The van der Waals surface area contributed by atoms with E-state index in [4.69, 9.17) is 0 Å². The van der Waals surface area contributed by atoms with E-state index in [1.165, 1.54) is 65.6 Å². The van der Waals surface area contributed by atoms with Crippen molar-refractivity contribution in [1.82, 2.24) is 0 Å². The molecule has 0 aromatic carbocycles. The van der Waals surface area contributed by atoms with Gasteiger partial charge in [-0.1, -0.05) is 69.2 Å². The quantitative estimate of drug-likeness (QED) is 0.377. The Morgan fingerprint density at radius 1 is 0.375 bits per heavy atom. The normalized spacial score (nSPS) is 24.5. The van der Waals surface area contributed by atoms with Crippen LogP contribution in [0.5, 0.6) is 0 Å². The van der Waals surface area contributed by atoms with Gasteiger partial charge in [-0.3, -0.25) is 0 Å². The smallest absolute Gasteiger partial charge is 0 e. The van der Waals surface area contributed by atoms with Crippen LogP contribution in [0, 0.1) is 120 Å². The van der Waals surface area contributed by atoms with E-state index >= 15 is 0 Å². The van der Waals surface area contributed by atoms with E-state index < -0.39 is 0 Å². The Morgan fingerprint density at radius 3 is 0.458 bits per heavy atom. The summed E-state index contributed by atoms with van der Waals surface area (Å²) in [6.07, 6.45) is 1.50. The summed E-state index contributed by atoms with van der Waals surface area (Å²) < 4.78 is 0. The van der Waals surface area contributed by atoms with Crippen molar-refractivity contribution < 1.29 is 40.8 Å². The van der Waals surface area contributed by atoms with Crippen LogP contribution in [-0.2, 0) is 0 Å². The van der Waals surface area contributed by atoms with E-state index in [0.29, 0.717) is 0 Å². The SMILES string of the molecule is C[C]1[C](C)[C](C)[C](C)[C]1C.C[C]1[C](C)[C](C)[C](C)[C]1C.[CH2][CH][CH2].[Nd]. The summed E-state index contributed by atoms with van der Waals surface area (Å²) in [7, 11) is 0. The minimum absolute atomic E-state index is 0. The van der Waals surface area contributed by atoms with E-state index in [1.807, 2.05) is 0 Å². The van der Waals surface area contributed by atoms with Crippen LogP contribution in [0.4, 0.5) is 0 Å². The van der Waals surface area contributed by atoms with Crippen LogP contribution in [0.15, 0.2) is 0 Å². The molecule has 2 saturated carbocycles. The Morgan fingerprint density at radius 2 is 0.417 bits per heavy atom. The summed E-state index contributed by atoms with van der Waals surface area (Å²) in [6, 6.07) is 0. The van der Waals surface area contributed by atoms with Crippen molar-refractivity contribution in [3.8, 4) is 0 Å². The fourth-order valence-electron chi connectivity index (χ4n) is 2.81. The number of hydrogen-bond acceptors (Lipinski definition) is 0. The molecule has 2 fully saturated rings. The third kappa shape index (κ3) is 6.82. The molecule has 2 aliphatic rings. The largest absolute Gasteiger partial charge is 0.0579 e. The first-order chi connectivity index (χ1) is 10.5. The van der Waals surface area contributed by atoms with Crippen LogP contribution in [0.2, 0.25) is 0 Å². The van der Waals surface area contributed by atoms with Crippen LogP contribution < -0.4 is 0 Å². The van der Waals surface area contributed by atoms with Crippen LogP contribution in [-0.4, -0.2) is 0 Å². The minimum atomic E-state index is 0. The molecule has 0 amide bonds. The first kappa shape index (κ1) is 27.6. The van der Waals surface area contributed by atoms with Crippen molar-refractivity contribution in [2.75, 3.05) is 0 Å². The summed E-state index contributed by atoms with van der Waals surface area (Å²) >= 11 is 0. The van der Waals surface area contributed by atoms with Gasteiger partial charge in [-0.05, 0) is 79.4 Å². The molecular formula is C23H35Nd.